The molecular weight excluding hydrogens is 493 g/mol. The number of hydrogen-bond donors (Lipinski definition) is 0. The molecule has 6 nitrogen and oxygen atoms in total. The van der Waals surface area contributed by atoms with Gasteiger partial charge >= 0.3 is 6.18 Å². The zero-order valence-electron chi connectivity index (χ0n) is 20.6. The molecule has 1 amide bonds. The number of rotatable bonds is 7. The van der Waals surface area contributed by atoms with Gasteiger partial charge in [0.2, 0.25) is 17.6 Å². The maximum Gasteiger partial charge on any atom is 0.416 e. The summed E-state index contributed by atoms with van der Waals surface area (Å²) < 4.78 is 44.2. The number of benzene rings is 3. The molecule has 0 bridgehead atoms. The van der Waals surface area contributed by atoms with Crippen LogP contribution in [0.4, 0.5) is 13.2 Å². The zero-order chi connectivity index (χ0) is 26.5. The summed E-state index contributed by atoms with van der Waals surface area (Å²) in [7, 11) is 0. The van der Waals surface area contributed by atoms with E-state index in [1.807, 2.05) is 41.3 Å². The van der Waals surface area contributed by atoms with Gasteiger partial charge in [-0.15, -0.1) is 0 Å². The summed E-state index contributed by atoms with van der Waals surface area (Å²) in [6.07, 6.45) is -4.05. The Morgan fingerprint density at radius 1 is 0.868 bits per heavy atom. The second kappa shape index (κ2) is 11.2. The molecule has 1 saturated heterocycles. The standard InChI is InChI=1S/C29H27F3N4O2/c30-29(31,32)24-13-7-12-23(20-24)28-33-25(38-34-28)14-15-26(37)35-16-18-36(19-17-35)27(21-8-3-1-4-9-21)22-10-5-2-6-11-22/h1-13,20,27H,14-19H2. The van der Waals surface area contributed by atoms with Crippen molar-refractivity contribution in [3.05, 3.63) is 108 Å². The predicted molar refractivity (Wildman–Crippen MR) is 136 cm³/mol. The topological polar surface area (TPSA) is 62.5 Å². The van der Waals surface area contributed by atoms with Crippen molar-refractivity contribution < 1.29 is 22.5 Å². The van der Waals surface area contributed by atoms with Gasteiger partial charge in [-0.1, -0.05) is 78.0 Å². The molecule has 2 heterocycles. The third-order valence-corrected chi connectivity index (χ3v) is 6.73. The number of hydrogen-bond acceptors (Lipinski definition) is 5. The SMILES string of the molecule is O=C(CCc1nc(-c2cccc(C(F)(F)F)c2)no1)N1CCN(C(c2ccccc2)c2ccccc2)CC1. The van der Waals surface area contributed by atoms with Gasteiger partial charge in [0.15, 0.2) is 0 Å². The Labute approximate surface area is 218 Å². The van der Waals surface area contributed by atoms with Crippen LogP contribution in [-0.2, 0) is 17.4 Å². The average molecular weight is 521 g/mol. The van der Waals surface area contributed by atoms with Crippen molar-refractivity contribution in [2.45, 2.75) is 25.1 Å². The number of aromatic nitrogens is 2. The molecule has 3 aromatic carbocycles. The maximum absolute atomic E-state index is 13.0. The van der Waals surface area contributed by atoms with Gasteiger partial charge in [-0.2, -0.15) is 18.2 Å². The van der Waals surface area contributed by atoms with Gasteiger partial charge in [-0.3, -0.25) is 9.69 Å². The van der Waals surface area contributed by atoms with E-state index in [4.69, 9.17) is 4.52 Å². The number of amides is 1. The Bertz CT molecular complexity index is 1310. The van der Waals surface area contributed by atoms with E-state index < -0.39 is 11.7 Å². The normalized spacial score (nSPS) is 14.7. The number of aryl methyl sites for hydroxylation is 1. The molecular formula is C29H27F3N4O2. The average Bonchev–Trinajstić information content (AvgIpc) is 3.42. The fourth-order valence-electron chi connectivity index (χ4n) is 4.79. The highest BCUT2D eigenvalue weighted by Gasteiger charge is 2.31. The number of alkyl halides is 3. The molecule has 1 aliphatic heterocycles. The summed E-state index contributed by atoms with van der Waals surface area (Å²) in [5.74, 6) is 0.275. The summed E-state index contributed by atoms with van der Waals surface area (Å²) >= 11 is 0. The highest BCUT2D eigenvalue weighted by Crippen LogP contribution is 2.32. The maximum atomic E-state index is 13.0. The molecule has 196 valence electrons. The van der Waals surface area contributed by atoms with Crippen molar-refractivity contribution in [3.63, 3.8) is 0 Å². The summed E-state index contributed by atoms with van der Waals surface area (Å²) in [6, 6.07) is 25.6. The first-order chi connectivity index (χ1) is 18.4. The van der Waals surface area contributed by atoms with Crippen molar-refractivity contribution >= 4 is 5.91 Å². The molecule has 9 heteroatoms. The van der Waals surface area contributed by atoms with Crippen LogP contribution in [0.2, 0.25) is 0 Å². The molecule has 0 aliphatic carbocycles. The van der Waals surface area contributed by atoms with E-state index in [9.17, 15) is 18.0 Å². The van der Waals surface area contributed by atoms with Gasteiger partial charge < -0.3 is 9.42 Å². The van der Waals surface area contributed by atoms with E-state index in [1.165, 1.54) is 23.3 Å². The molecule has 0 atom stereocenters. The monoisotopic (exact) mass is 520 g/mol. The molecule has 1 fully saturated rings. The van der Waals surface area contributed by atoms with Crippen LogP contribution in [0.25, 0.3) is 11.4 Å². The van der Waals surface area contributed by atoms with E-state index in [2.05, 4.69) is 39.3 Å². The van der Waals surface area contributed by atoms with Gasteiger partial charge in [0.05, 0.1) is 11.6 Å². The van der Waals surface area contributed by atoms with Crippen molar-refractivity contribution in [1.82, 2.24) is 19.9 Å². The minimum atomic E-state index is -4.46. The van der Waals surface area contributed by atoms with Crippen LogP contribution in [0, 0.1) is 0 Å². The Hall–Kier alpha value is -3.98. The highest BCUT2D eigenvalue weighted by atomic mass is 19.4. The third kappa shape index (κ3) is 5.94. The predicted octanol–water partition coefficient (Wildman–Crippen LogP) is 5.62. The molecule has 38 heavy (non-hydrogen) atoms. The number of halogens is 3. The molecule has 0 unspecified atom stereocenters. The lowest BCUT2D eigenvalue weighted by Gasteiger charge is -2.39. The van der Waals surface area contributed by atoms with E-state index in [0.717, 1.165) is 25.2 Å². The van der Waals surface area contributed by atoms with Gasteiger partial charge in [-0.25, -0.2) is 0 Å². The second-order valence-electron chi connectivity index (χ2n) is 9.23. The van der Waals surface area contributed by atoms with Crippen LogP contribution in [-0.4, -0.2) is 52.0 Å². The Morgan fingerprint density at radius 2 is 1.50 bits per heavy atom. The van der Waals surface area contributed by atoms with Gasteiger partial charge in [0, 0.05) is 44.6 Å². The molecule has 0 radical (unpaired) electrons. The smallest absolute Gasteiger partial charge is 0.340 e. The number of carbonyl (C=O) groups excluding carboxylic acids is 1. The first kappa shape index (κ1) is 25.7. The second-order valence-corrected chi connectivity index (χ2v) is 9.23. The largest absolute Gasteiger partial charge is 0.416 e. The minimum Gasteiger partial charge on any atom is -0.340 e. The molecule has 0 spiro atoms. The third-order valence-electron chi connectivity index (χ3n) is 6.73. The lowest BCUT2D eigenvalue weighted by atomic mass is 9.96. The minimum absolute atomic E-state index is 0.0144. The summed E-state index contributed by atoms with van der Waals surface area (Å²) in [6.45, 7) is 2.68. The van der Waals surface area contributed by atoms with Gasteiger partial charge in [0.1, 0.15) is 0 Å². The summed E-state index contributed by atoms with van der Waals surface area (Å²) in [5.41, 5.74) is 1.86. The van der Waals surface area contributed by atoms with Crippen molar-refractivity contribution in [1.29, 1.82) is 0 Å². The Morgan fingerprint density at radius 3 is 2.11 bits per heavy atom. The molecule has 1 aromatic heterocycles. The summed E-state index contributed by atoms with van der Waals surface area (Å²) in [4.78, 5) is 21.3. The van der Waals surface area contributed by atoms with Crippen molar-refractivity contribution in [3.8, 4) is 11.4 Å². The number of piperazine rings is 1. The van der Waals surface area contributed by atoms with Crippen molar-refractivity contribution in [2.75, 3.05) is 26.2 Å². The fourth-order valence-corrected chi connectivity index (χ4v) is 4.79. The molecule has 4 aromatic rings. The quantitative estimate of drug-likeness (QED) is 0.317. The van der Waals surface area contributed by atoms with Crippen LogP contribution < -0.4 is 0 Å². The molecule has 1 aliphatic rings. The van der Waals surface area contributed by atoms with Crippen LogP contribution in [0.15, 0.2) is 89.5 Å². The van der Waals surface area contributed by atoms with Crippen LogP contribution in [0.3, 0.4) is 0 Å². The number of nitrogens with zero attached hydrogens (tertiary/aromatic N) is 4. The first-order valence-electron chi connectivity index (χ1n) is 12.5. The fraction of sp³-hybridized carbons (Fsp3) is 0.276. The van der Waals surface area contributed by atoms with E-state index in [0.29, 0.717) is 13.1 Å². The Balaban J connectivity index is 1.18. The van der Waals surface area contributed by atoms with Crippen molar-refractivity contribution in [2.24, 2.45) is 0 Å². The molecule has 5 rings (SSSR count). The summed E-state index contributed by atoms with van der Waals surface area (Å²) in [5, 5.41) is 3.80. The van der Waals surface area contributed by atoms with Crippen LogP contribution in [0.5, 0.6) is 0 Å². The van der Waals surface area contributed by atoms with Crippen LogP contribution in [0.1, 0.15) is 35.0 Å². The zero-order valence-corrected chi connectivity index (χ0v) is 20.6. The molecule has 0 saturated carbocycles. The highest BCUT2D eigenvalue weighted by molar-refractivity contribution is 5.76. The van der Waals surface area contributed by atoms with E-state index >= 15 is 0 Å². The van der Waals surface area contributed by atoms with Gasteiger partial charge in [-0.05, 0) is 23.3 Å². The van der Waals surface area contributed by atoms with Gasteiger partial charge in [0.25, 0.3) is 0 Å². The Kier molecular flexibility index (Phi) is 7.55. The first-order valence-corrected chi connectivity index (χ1v) is 12.5. The lowest BCUT2D eigenvalue weighted by molar-refractivity contribution is -0.137. The van der Waals surface area contributed by atoms with E-state index in [1.54, 1.807) is 0 Å². The van der Waals surface area contributed by atoms with Crippen LogP contribution >= 0.6 is 0 Å². The molecule has 0 N–H and O–H groups in total. The number of carbonyl (C=O) groups is 1. The lowest BCUT2D eigenvalue weighted by Crippen LogP contribution is -2.49. The van der Waals surface area contributed by atoms with E-state index in [-0.39, 0.29) is 42.1 Å².